The van der Waals surface area contributed by atoms with Crippen LogP contribution in [0.2, 0.25) is 5.02 Å². The molecule has 2 atom stereocenters. The second-order valence-electron chi connectivity index (χ2n) is 8.24. The molecule has 2 saturated heterocycles. The quantitative estimate of drug-likeness (QED) is 0.710. The van der Waals surface area contributed by atoms with Crippen molar-refractivity contribution < 1.29 is 14.0 Å². The van der Waals surface area contributed by atoms with Gasteiger partial charge < -0.3 is 14.7 Å². The van der Waals surface area contributed by atoms with E-state index in [2.05, 4.69) is 21.7 Å². The summed E-state index contributed by atoms with van der Waals surface area (Å²) in [7, 11) is 1.64. The fourth-order valence-corrected chi connectivity index (χ4v) is 4.47. The molecule has 0 saturated carbocycles. The molecular formula is C21H26ClFN6O2. The lowest BCUT2D eigenvalue weighted by Gasteiger charge is -2.40. The molecule has 0 radical (unpaired) electrons. The van der Waals surface area contributed by atoms with Gasteiger partial charge in [-0.3, -0.25) is 15.0 Å². The van der Waals surface area contributed by atoms with Crippen LogP contribution in [0.15, 0.2) is 35.3 Å². The van der Waals surface area contributed by atoms with Crippen LogP contribution in [-0.4, -0.2) is 89.5 Å². The predicted octanol–water partition coefficient (Wildman–Crippen LogP) is 1.72. The van der Waals surface area contributed by atoms with E-state index in [1.54, 1.807) is 19.2 Å². The highest BCUT2D eigenvalue weighted by atomic mass is 35.5. The van der Waals surface area contributed by atoms with Gasteiger partial charge in [-0.15, -0.1) is 0 Å². The molecule has 3 aliphatic rings. The van der Waals surface area contributed by atoms with Gasteiger partial charge in [0.1, 0.15) is 5.82 Å². The van der Waals surface area contributed by atoms with E-state index in [4.69, 9.17) is 16.6 Å². The number of imide groups is 1. The van der Waals surface area contributed by atoms with Crippen LogP contribution in [0.3, 0.4) is 0 Å². The zero-order chi connectivity index (χ0) is 22.3. The molecule has 2 unspecified atom stereocenters. The van der Waals surface area contributed by atoms with Crippen molar-refractivity contribution in [2.24, 2.45) is 4.99 Å². The molecule has 31 heavy (non-hydrogen) atoms. The van der Waals surface area contributed by atoms with Crippen molar-refractivity contribution in [2.75, 3.05) is 39.8 Å². The van der Waals surface area contributed by atoms with Gasteiger partial charge in [0.2, 0.25) is 0 Å². The van der Waals surface area contributed by atoms with Crippen molar-refractivity contribution in [3.05, 3.63) is 46.8 Å². The third kappa shape index (κ3) is 4.12. The fraction of sp³-hybridized carbons (Fsp3) is 0.476. The average molecular weight is 449 g/mol. The maximum Gasteiger partial charge on any atom is 0.325 e. The lowest BCUT2D eigenvalue weighted by Crippen LogP contribution is -2.64. The molecule has 166 valence electrons. The van der Waals surface area contributed by atoms with Gasteiger partial charge in [0, 0.05) is 56.9 Å². The third-order valence-electron chi connectivity index (χ3n) is 5.88. The highest BCUT2D eigenvalue weighted by molar-refractivity contribution is 6.31. The third-order valence-corrected chi connectivity index (χ3v) is 6.23. The number of aliphatic imine (C=N–C) groups is 1. The number of nitrogens with one attached hydrogen (secondary N) is 1. The van der Waals surface area contributed by atoms with E-state index in [0.717, 1.165) is 5.57 Å². The number of carbonyl (C=O) groups is 2. The van der Waals surface area contributed by atoms with Crippen molar-refractivity contribution in [3.8, 4) is 0 Å². The molecule has 0 spiro atoms. The Morgan fingerprint density at radius 3 is 2.65 bits per heavy atom. The van der Waals surface area contributed by atoms with Crippen molar-refractivity contribution in [3.63, 3.8) is 0 Å². The molecule has 2 fully saturated rings. The van der Waals surface area contributed by atoms with Gasteiger partial charge in [0.25, 0.3) is 5.91 Å². The van der Waals surface area contributed by atoms with Crippen LogP contribution in [-0.2, 0) is 11.3 Å². The number of likely N-dealkylation sites (N-methyl/N-ethyl adjacent to an activating group) is 1. The first-order valence-corrected chi connectivity index (χ1v) is 10.6. The van der Waals surface area contributed by atoms with Crippen LogP contribution in [0, 0.1) is 5.82 Å². The first-order chi connectivity index (χ1) is 14.8. The first-order valence-electron chi connectivity index (χ1n) is 10.2. The zero-order valence-corrected chi connectivity index (χ0v) is 18.4. The molecular weight excluding hydrogens is 423 g/mol. The SMILES string of the molecule is C=C(C)CN1C(N2CCN(Cc3c(F)cccc3Cl)CC2)=NC2C1C(=O)NC(=O)N2C. The van der Waals surface area contributed by atoms with Gasteiger partial charge in [-0.2, -0.15) is 0 Å². The summed E-state index contributed by atoms with van der Waals surface area (Å²) in [5.74, 6) is 0.0460. The molecule has 3 heterocycles. The van der Waals surface area contributed by atoms with Crippen LogP contribution < -0.4 is 5.32 Å². The van der Waals surface area contributed by atoms with Crippen molar-refractivity contribution in [1.29, 1.82) is 0 Å². The van der Waals surface area contributed by atoms with Gasteiger partial charge >= 0.3 is 6.03 Å². The maximum absolute atomic E-state index is 14.1. The molecule has 4 rings (SSSR count). The lowest BCUT2D eigenvalue weighted by molar-refractivity contribution is -0.127. The minimum absolute atomic E-state index is 0.300. The van der Waals surface area contributed by atoms with Crippen molar-refractivity contribution in [2.45, 2.75) is 25.7 Å². The van der Waals surface area contributed by atoms with Gasteiger partial charge in [0.05, 0.1) is 0 Å². The minimum atomic E-state index is -0.579. The number of rotatable bonds is 4. The van der Waals surface area contributed by atoms with Gasteiger partial charge in [-0.25, -0.2) is 14.2 Å². The molecule has 1 aromatic rings. The summed E-state index contributed by atoms with van der Waals surface area (Å²) < 4.78 is 14.1. The molecule has 1 aromatic carbocycles. The smallest absolute Gasteiger partial charge is 0.325 e. The molecule has 3 amide bonds. The normalized spacial score (nSPS) is 24.3. The number of carbonyl (C=O) groups excluding carboxylic acids is 2. The van der Waals surface area contributed by atoms with E-state index in [0.29, 0.717) is 55.8 Å². The molecule has 8 nitrogen and oxygen atoms in total. The number of piperazine rings is 1. The van der Waals surface area contributed by atoms with Gasteiger partial charge in [0.15, 0.2) is 18.2 Å². The Morgan fingerprint density at radius 1 is 1.29 bits per heavy atom. The summed E-state index contributed by atoms with van der Waals surface area (Å²) in [6.45, 7) is 9.51. The predicted molar refractivity (Wildman–Crippen MR) is 116 cm³/mol. The monoisotopic (exact) mass is 448 g/mol. The zero-order valence-electron chi connectivity index (χ0n) is 17.6. The van der Waals surface area contributed by atoms with Crippen molar-refractivity contribution >= 4 is 29.5 Å². The Hall–Kier alpha value is -2.65. The van der Waals surface area contributed by atoms with E-state index < -0.39 is 18.2 Å². The Morgan fingerprint density at radius 2 is 2.00 bits per heavy atom. The number of hydrogen-bond acceptors (Lipinski definition) is 6. The number of nitrogens with zero attached hydrogens (tertiary/aromatic N) is 5. The molecule has 1 N–H and O–H groups in total. The Labute approximate surface area is 185 Å². The summed E-state index contributed by atoms with van der Waals surface area (Å²) in [5, 5.41) is 2.83. The number of hydrogen-bond donors (Lipinski definition) is 1. The number of guanidine groups is 1. The topological polar surface area (TPSA) is 71.5 Å². The number of urea groups is 1. The molecule has 10 heteroatoms. The largest absolute Gasteiger partial charge is 0.340 e. The number of amides is 3. The number of benzene rings is 1. The maximum atomic E-state index is 14.1. The van der Waals surface area contributed by atoms with E-state index in [-0.39, 0.29) is 11.7 Å². The van der Waals surface area contributed by atoms with Crippen LogP contribution in [0.4, 0.5) is 9.18 Å². The van der Waals surface area contributed by atoms with E-state index >= 15 is 0 Å². The van der Waals surface area contributed by atoms with E-state index in [1.165, 1.54) is 11.0 Å². The van der Waals surface area contributed by atoms with Crippen LogP contribution >= 0.6 is 11.6 Å². The molecule has 0 aromatic heterocycles. The fourth-order valence-electron chi connectivity index (χ4n) is 4.25. The highest BCUT2D eigenvalue weighted by Gasteiger charge is 2.49. The Balaban J connectivity index is 1.49. The lowest BCUT2D eigenvalue weighted by atomic mass is 10.1. The molecule has 0 bridgehead atoms. The number of halogens is 2. The van der Waals surface area contributed by atoms with Crippen LogP contribution in [0.25, 0.3) is 0 Å². The van der Waals surface area contributed by atoms with Gasteiger partial charge in [-0.05, 0) is 19.1 Å². The number of fused-ring (bicyclic) bond motifs is 1. The van der Waals surface area contributed by atoms with E-state index in [1.807, 2.05) is 11.8 Å². The van der Waals surface area contributed by atoms with Crippen LogP contribution in [0.5, 0.6) is 0 Å². The summed E-state index contributed by atoms with van der Waals surface area (Å²) >= 11 is 6.18. The molecule has 0 aliphatic carbocycles. The van der Waals surface area contributed by atoms with Gasteiger partial charge in [-0.1, -0.05) is 29.8 Å². The summed E-state index contributed by atoms with van der Waals surface area (Å²) in [4.78, 5) is 37.1. The Kier molecular flexibility index (Phi) is 5.90. The van der Waals surface area contributed by atoms with E-state index in [9.17, 15) is 14.0 Å². The minimum Gasteiger partial charge on any atom is -0.340 e. The molecule has 3 aliphatic heterocycles. The summed E-state index contributed by atoms with van der Waals surface area (Å²) in [6, 6.07) is 3.70. The second-order valence-corrected chi connectivity index (χ2v) is 8.65. The van der Waals surface area contributed by atoms with Crippen molar-refractivity contribution in [1.82, 2.24) is 24.9 Å². The summed E-state index contributed by atoms with van der Waals surface area (Å²) in [6.07, 6.45) is -0.564. The second kappa shape index (κ2) is 8.47. The average Bonchev–Trinajstić information content (AvgIpc) is 3.09. The first kappa shape index (κ1) is 21.6. The Bertz CT molecular complexity index is 926. The standard InChI is InChI=1S/C21H26ClFN6O2/c1-13(2)11-29-17-18(26(3)21(31)25-19(17)30)24-20(29)28-9-7-27(8-10-28)12-14-15(22)5-4-6-16(14)23/h4-6,17-18H,1,7-12H2,2-3H3,(H,25,30,31). The highest BCUT2D eigenvalue weighted by Crippen LogP contribution is 2.27. The summed E-state index contributed by atoms with van der Waals surface area (Å²) in [5.41, 5.74) is 1.40. The van der Waals surface area contributed by atoms with Crippen LogP contribution in [0.1, 0.15) is 12.5 Å².